The number of anilines is 1. The minimum atomic E-state index is -1.00. The van der Waals surface area contributed by atoms with E-state index in [4.69, 9.17) is 13.9 Å². The average molecular weight is 848 g/mol. The van der Waals surface area contributed by atoms with Gasteiger partial charge in [-0.15, -0.1) is 0 Å². The third-order valence-corrected chi connectivity index (χ3v) is 12.4. The predicted octanol–water partition coefficient (Wildman–Crippen LogP) is 6.14. The van der Waals surface area contributed by atoms with Crippen molar-refractivity contribution in [2.75, 3.05) is 84.9 Å². The summed E-state index contributed by atoms with van der Waals surface area (Å²) in [6.45, 7) is 13.1. The van der Waals surface area contributed by atoms with Crippen molar-refractivity contribution in [1.82, 2.24) is 29.5 Å². The molecule has 2 N–H and O–H groups in total. The van der Waals surface area contributed by atoms with Gasteiger partial charge < -0.3 is 38.8 Å². The van der Waals surface area contributed by atoms with Gasteiger partial charge in [0.05, 0.1) is 18.7 Å². The lowest BCUT2D eigenvalue weighted by molar-refractivity contribution is -0.145. The first kappa shape index (κ1) is 47.2. The highest BCUT2D eigenvalue weighted by Crippen LogP contribution is 2.26. The molecule has 1 atom stereocenters. The van der Waals surface area contributed by atoms with Crippen LogP contribution in [-0.2, 0) is 31.9 Å². The molecule has 2 aromatic carbocycles. The number of likely N-dealkylation sites (tertiary alicyclic amines) is 3. The summed E-state index contributed by atoms with van der Waals surface area (Å²) in [6, 6.07) is 11.4. The topological polar surface area (TPSA) is 161 Å². The minimum Gasteiger partial charge on any atom is -0.465 e. The van der Waals surface area contributed by atoms with Gasteiger partial charge in [-0.3, -0.25) is 19.5 Å². The first-order chi connectivity index (χ1) is 28.8. The number of esters is 1. The molecule has 336 valence electrons. The predicted molar refractivity (Wildman–Crippen MR) is 237 cm³/mol. The zero-order chi connectivity index (χ0) is 42.8. The van der Waals surface area contributed by atoms with Crippen LogP contribution in [0.25, 0.3) is 11.1 Å². The Morgan fingerprint density at radius 3 is 2.23 bits per heavy atom. The molecular formula is C46H69N7O8. The summed E-state index contributed by atoms with van der Waals surface area (Å²) in [4.78, 5) is 75.8. The van der Waals surface area contributed by atoms with Gasteiger partial charge in [-0.2, -0.15) is 0 Å². The number of amides is 4. The molecule has 3 aromatic rings. The molecule has 0 saturated carbocycles. The summed E-state index contributed by atoms with van der Waals surface area (Å²) < 4.78 is 16.4. The number of aryl methyl sites for hydroxylation is 1. The quantitative estimate of drug-likeness (QED) is 0.170. The number of nitrogens with one attached hydrogen (secondary N) is 2. The summed E-state index contributed by atoms with van der Waals surface area (Å²) in [7, 11) is 4.05. The Morgan fingerprint density at radius 2 is 1.54 bits per heavy atom. The molecule has 15 heteroatoms. The standard InChI is InChI=1S/C32H39N5O6.C13H26N2O2.CH4/c1-20-7-12-35(13-8-20)29(38)27(19-22-17-21(2)28-26(18-22)42-31(40)34-28)43-32(41)36-14-10-24(11-15-36)37-16-9-23-5-3-4-6-25(23)33-30(37)39;1-12-5-8-15(9-6-12)11-13(16)17-10-4-7-14(2)3;/h3-6,17-18,20,24,27H,7-16,19H2,1-2H3,(H,33,39)(H,34,40);12H,4-11H2,1-3H3;1H4/t27-;;/m1../s1. The molecule has 0 bridgehead atoms. The van der Waals surface area contributed by atoms with Crippen molar-refractivity contribution in [1.29, 1.82) is 0 Å². The minimum absolute atomic E-state index is 0. The van der Waals surface area contributed by atoms with Crippen molar-refractivity contribution in [3.63, 3.8) is 0 Å². The molecule has 7 rings (SSSR count). The van der Waals surface area contributed by atoms with E-state index in [1.54, 1.807) is 15.9 Å². The van der Waals surface area contributed by atoms with E-state index in [1.165, 1.54) is 12.8 Å². The van der Waals surface area contributed by atoms with Crippen LogP contribution in [0.1, 0.15) is 82.9 Å². The fraction of sp³-hybridized carbons (Fsp3) is 0.630. The highest BCUT2D eigenvalue weighted by molar-refractivity contribution is 5.91. The Kier molecular flexibility index (Phi) is 17.2. The molecule has 1 aromatic heterocycles. The van der Waals surface area contributed by atoms with E-state index in [-0.39, 0.29) is 37.8 Å². The number of H-pyrrole nitrogens is 1. The number of hydrogen-bond acceptors (Lipinski definition) is 10. The van der Waals surface area contributed by atoms with Gasteiger partial charge in [0.15, 0.2) is 11.7 Å². The smallest absolute Gasteiger partial charge is 0.417 e. The first-order valence-electron chi connectivity index (χ1n) is 21.9. The molecule has 4 aliphatic rings. The van der Waals surface area contributed by atoms with Crippen LogP contribution in [0.5, 0.6) is 0 Å². The summed E-state index contributed by atoms with van der Waals surface area (Å²) in [6.07, 6.45) is 5.81. The number of ether oxygens (including phenoxy) is 2. The molecule has 0 radical (unpaired) electrons. The number of rotatable bonds is 11. The summed E-state index contributed by atoms with van der Waals surface area (Å²) in [5.41, 5.74) is 4.55. The molecule has 0 unspecified atom stereocenters. The Bertz CT molecular complexity index is 1970. The average Bonchev–Trinajstić information content (AvgIpc) is 3.52. The maximum Gasteiger partial charge on any atom is 0.417 e. The molecule has 4 aliphatic heterocycles. The van der Waals surface area contributed by atoms with E-state index in [0.717, 1.165) is 73.6 Å². The van der Waals surface area contributed by atoms with Crippen LogP contribution in [0.2, 0.25) is 0 Å². The van der Waals surface area contributed by atoms with Crippen LogP contribution in [0.4, 0.5) is 15.3 Å². The Labute approximate surface area is 361 Å². The van der Waals surface area contributed by atoms with Crippen molar-refractivity contribution in [2.45, 2.75) is 98.1 Å². The second-order valence-electron chi connectivity index (χ2n) is 17.5. The Morgan fingerprint density at radius 1 is 0.885 bits per heavy atom. The van der Waals surface area contributed by atoms with Gasteiger partial charge in [0.2, 0.25) is 0 Å². The van der Waals surface area contributed by atoms with Gasteiger partial charge in [-0.1, -0.05) is 45.5 Å². The molecule has 3 saturated heterocycles. The third kappa shape index (κ3) is 13.3. The molecule has 0 aliphatic carbocycles. The van der Waals surface area contributed by atoms with Crippen molar-refractivity contribution in [3.05, 3.63) is 63.6 Å². The summed E-state index contributed by atoms with van der Waals surface area (Å²) in [5.74, 6) is 0.542. The molecule has 61 heavy (non-hydrogen) atoms. The van der Waals surface area contributed by atoms with Gasteiger partial charge in [0, 0.05) is 57.4 Å². The third-order valence-electron chi connectivity index (χ3n) is 12.4. The van der Waals surface area contributed by atoms with E-state index in [2.05, 4.69) is 33.9 Å². The fourth-order valence-corrected chi connectivity index (χ4v) is 8.55. The zero-order valence-corrected chi connectivity index (χ0v) is 36.2. The fourth-order valence-electron chi connectivity index (χ4n) is 8.55. The number of nitrogens with zero attached hydrogens (tertiary/aromatic N) is 5. The first-order valence-corrected chi connectivity index (χ1v) is 21.9. The van der Waals surface area contributed by atoms with Crippen LogP contribution in [0, 0.1) is 18.8 Å². The normalized spacial score (nSPS) is 18.7. The number of carbonyl (C=O) groups excluding carboxylic acids is 4. The van der Waals surface area contributed by atoms with Gasteiger partial charge in [-0.05, 0) is 126 Å². The van der Waals surface area contributed by atoms with Crippen LogP contribution in [0.15, 0.2) is 45.6 Å². The van der Waals surface area contributed by atoms with E-state index < -0.39 is 18.0 Å². The number of benzene rings is 2. The molecule has 5 heterocycles. The molecule has 0 spiro atoms. The highest BCUT2D eigenvalue weighted by atomic mass is 16.6. The number of carbonyl (C=O) groups is 4. The van der Waals surface area contributed by atoms with Crippen LogP contribution in [0.3, 0.4) is 0 Å². The van der Waals surface area contributed by atoms with Crippen molar-refractivity contribution < 1.29 is 33.1 Å². The van der Waals surface area contributed by atoms with E-state index in [1.807, 2.05) is 56.3 Å². The van der Waals surface area contributed by atoms with Crippen molar-refractivity contribution in [2.24, 2.45) is 11.8 Å². The number of hydrogen-bond donors (Lipinski definition) is 2. The van der Waals surface area contributed by atoms with E-state index in [9.17, 15) is 24.0 Å². The van der Waals surface area contributed by atoms with Gasteiger partial charge in [-0.25, -0.2) is 14.4 Å². The van der Waals surface area contributed by atoms with E-state index in [0.29, 0.717) is 75.7 Å². The van der Waals surface area contributed by atoms with Gasteiger partial charge in [0.1, 0.15) is 0 Å². The molecule has 15 nitrogen and oxygen atoms in total. The number of para-hydroxylation sites is 1. The number of aromatic nitrogens is 1. The summed E-state index contributed by atoms with van der Waals surface area (Å²) in [5, 5.41) is 3.03. The maximum absolute atomic E-state index is 13.7. The van der Waals surface area contributed by atoms with E-state index >= 15 is 0 Å². The molecule has 4 amide bonds. The number of oxazole rings is 1. The number of piperidine rings is 3. The molecule has 3 fully saturated rings. The van der Waals surface area contributed by atoms with Crippen molar-refractivity contribution in [3.8, 4) is 0 Å². The van der Waals surface area contributed by atoms with Crippen LogP contribution < -0.4 is 11.1 Å². The van der Waals surface area contributed by atoms with Crippen LogP contribution in [-0.4, -0.2) is 145 Å². The van der Waals surface area contributed by atoms with Gasteiger partial charge in [0.25, 0.3) is 5.91 Å². The van der Waals surface area contributed by atoms with Crippen LogP contribution >= 0.6 is 0 Å². The zero-order valence-electron chi connectivity index (χ0n) is 36.2. The Balaban J connectivity index is 0.000000331. The number of urea groups is 1. The largest absolute Gasteiger partial charge is 0.465 e. The number of fused-ring (bicyclic) bond motifs is 2. The Hall–Kier alpha value is -4.89. The SMILES string of the molecule is C.CC1CCN(CC(=O)OCCCN(C)C)CC1.Cc1cc(C[C@@H](OC(=O)N2CCC(N3CCc4ccccc4NC3=O)CC2)C(=O)N2CCC(C)CC2)cc2oc(=O)[nH]c12. The lowest BCUT2D eigenvalue weighted by Gasteiger charge is -2.38. The lowest BCUT2D eigenvalue weighted by Crippen LogP contribution is -2.51. The van der Waals surface area contributed by atoms with Crippen molar-refractivity contribution >= 4 is 40.8 Å². The second-order valence-corrected chi connectivity index (χ2v) is 17.5. The second kappa shape index (κ2) is 22.3. The maximum atomic E-state index is 13.7. The van der Waals surface area contributed by atoms with Gasteiger partial charge >= 0.3 is 23.8 Å². The number of aromatic amines is 1. The summed E-state index contributed by atoms with van der Waals surface area (Å²) >= 11 is 0. The lowest BCUT2D eigenvalue weighted by atomic mass is 9.98. The molecular weight excluding hydrogens is 779 g/mol. The monoisotopic (exact) mass is 848 g/mol. The highest BCUT2D eigenvalue weighted by Gasteiger charge is 2.35.